The highest BCUT2D eigenvalue weighted by atomic mass is 19.1. The SMILES string of the molecule is CN(C)CCNC(=O)c1ccc(NC(=O)Nc2ccc(-c3nc(N4CCOCC4)c4ccc(-c5cncnc5)cc4n3)cc2F)cc1. The van der Waals surface area contributed by atoms with E-state index in [2.05, 4.69) is 30.8 Å². The molecule has 240 valence electrons. The van der Waals surface area contributed by atoms with E-state index in [1.54, 1.807) is 42.7 Å². The van der Waals surface area contributed by atoms with Crippen LogP contribution in [0, 0.1) is 5.82 Å². The molecule has 0 unspecified atom stereocenters. The van der Waals surface area contributed by atoms with Crippen LogP contribution < -0.4 is 20.9 Å². The fourth-order valence-electron chi connectivity index (χ4n) is 5.13. The minimum absolute atomic E-state index is 0.0105. The number of hydrogen-bond donors (Lipinski definition) is 3. The van der Waals surface area contributed by atoms with Crippen molar-refractivity contribution in [3.8, 4) is 22.5 Å². The minimum atomic E-state index is -0.644. The van der Waals surface area contributed by atoms with Gasteiger partial charge in [-0.3, -0.25) is 4.79 Å². The first-order chi connectivity index (χ1) is 22.8. The smallest absolute Gasteiger partial charge is 0.323 e. The van der Waals surface area contributed by atoms with Crippen LogP contribution in [0.5, 0.6) is 0 Å². The molecule has 3 aromatic carbocycles. The zero-order chi connectivity index (χ0) is 32.8. The zero-order valence-electron chi connectivity index (χ0n) is 26.0. The molecule has 47 heavy (non-hydrogen) atoms. The Morgan fingerprint density at radius 3 is 2.36 bits per heavy atom. The maximum absolute atomic E-state index is 15.4. The van der Waals surface area contributed by atoms with Crippen LogP contribution in [0.3, 0.4) is 0 Å². The number of aromatic nitrogens is 4. The third-order valence-corrected chi connectivity index (χ3v) is 7.61. The molecule has 1 aliphatic heterocycles. The van der Waals surface area contributed by atoms with Crippen LogP contribution in [0.4, 0.5) is 26.4 Å². The molecule has 6 rings (SSSR count). The quantitative estimate of drug-likeness (QED) is 0.211. The third kappa shape index (κ3) is 7.65. The van der Waals surface area contributed by atoms with E-state index in [9.17, 15) is 9.59 Å². The number of benzene rings is 3. The lowest BCUT2D eigenvalue weighted by atomic mass is 10.1. The second-order valence-electron chi connectivity index (χ2n) is 11.2. The summed E-state index contributed by atoms with van der Waals surface area (Å²) in [5.41, 5.74) is 3.79. The molecule has 0 atom stereocenters. The van der Waals surface area contributed by atoms with Crippen molar-refractivity contribution in [1.82, 2.24) is 30.2 Å². The van der Waals surface area contributed by atoms with E-state index in [0.717, 1.165) is 28.9 Å². The van der Waals surface area contributed by atoms with Crippen LogP contribution in [0.1, 0.15) is 10.4 Å². The molecule has 13 heteroatoms. The van der Waals surface area contributed by atoms with Gasteiger partial charge < -0.3 is 30.5 Å². The van der Waals surface area contributed by atoms with Gasteiger partial charge in [0.05, 0.1) is 24.4 Å². The summed E-state index contributed by atoms with van der Waals surface area (Å²) in [4.78, 5) is 47.1. The number of ether oxygens (including phenoxy) is 1. The van der Waals surface area contributed by atoms with Crippen molar-refractivity contribution in [2.24, 2.45) is 0 Å². The molecule has 0 saturated carbocycles. The van der Waals surface area contributed by atoms with Gasteiger partial charge in [0.2, 0.25) is 0 Å². The highest BCUT2D eigenvalue weighted by Crippen LogP contribution is 2.32. The largest absolute Gasteiger partial charge is 0.378 e. The van der Waals surface area contributed by atoms with E-state index in [1.807, 2.05) is 37.2 Å². The molecule has 1 saturated heterocycles. The Kier molecular flexibility index (Phi) is 9.55. The summed E-state index contributed by atoms with van der Waals surface area (Å²) in [5.74, 6) is 0.238. The van der Waals surface area contributed by atoms with Gasteiger partial charge >= 0.3 is 6.03 Å². The molecular weight excluding hydrogens is 601 g/mol. The Morgan fingerprint density at radius 2 is 1.64 bits per heavy atom. The van der Waals surface area contributed by atoms with E-state index < -0.39 is 11.8 Å². The van der Waals surface area contributed by atoms with E-state index in [4.69, 9.17) is 14.7 Å². The summed E-state index contributed by atoms with van der Waals surface area (Å²) >= 11 is 0. The van der Waals surface area contributed by atoms with Gasteiger partial charge in [-0.25, -0.2) is 29.1 Å². The first kappa shape index (κ1) is 31.5. The van der Waals surface area contributed by atoms with Gasteiger partial charge in [0.15, 0.2) is 5.82 Å². The number of morpholine rings is 1. The maximum atomic E-state index is 15.4. The molecule has 5 aromatic rings. The zero-order valence-corrected chi connectivity index (χ0v) is 26.0. The number of rotatable bonds is 9. The summed E-state index contributed by atoms with van der Waals surface area (Å²) in [5, 5.41) is 8.92. The Morgan fingerprint density at radius 1 is 0.894 bits per heavy atom. The first-order valence-electron chi connectivity index (χ1n) is 15.1. The second kappa shape index (κ2) is 14.3. The summed E-state index contributed by atoms with van der Waals surface area (Å²) in [6, 6.07) is 16.2. The van der Waals surface area contributed by atoms with Crippen LogP contribution >= 0.6 is 0 Å². The van der Waals surface area contributed by atoms with E-state index in [0.29, 0.717) is 61.0 Å². The minimum Gasteiger partial charge on any atom is -0.378 e. The molecule has 3 amide bonds. The van der Waals surface area contributed by atoms with Crippen LogP contribution in [0.25, 0.3) is 33.4 Å². The Hall–Kier alpha value is -5.53. The normalized spacial score (nSPS) is 13.1. The Bertz CT molecular complexity index is 1880. The fraction of sp³-hybridized carbons (Fsp3) is 0.235. The van der Waals surface area contributed by atoms with Crippen LogP contribution in [-0.4, -0.2) is 90.3 Å². The summed E-state index contributed by atoms with van der Waals surface area (Å²) in [6.07, 6.45) is 4.95. The Labute approximate surface area is 271 Å². The van der Waals surface area contributed by atoms with Gasteiger partial charge in [-0.2, -0.15) is 0 Å². The van der Waals surface area contributed by atoms with E-state index in [1.165, 1.54) is 18.5 Å². The van der Waals surface area contributed by atoms with Gasteiger partial charge in [-0.05, 0) is 74.3 Å². The van der Waals surface area contributed by atoms with Crippen molar-refractivity contribution in [2.75, 3.05) is 69.0 Å². The number of hydrogen-bond acceptors (Lipinski definition) is 9. The number of nitrogens with zero attached hydrogens (tertiary/aromatic N) is 6. The average Bonchev–Trinajstić information content (AvgIpc) is 3.09. The predicted octanol–water partition coefficient (Wildman–Crippen LogP) is 4.66. The summed E-state index contributed by atoms with van der Waals surface area (Å²) in [7, 11) is 3.86. The van der Waals surface area contributed by atoms with Gasteiger partial charge in [0, 0.05) is 66.3 Å². The van der Waals surface area contributed by atoms with E-state index >= 15 is 4.39 Å². The van der Waals surface area contributed by atoms with Gasteiger partial charge in [-0.1, -0.05) is 6.07 Å². The van der Waals surface area contributed by atoms with Gasteiger partial charge in [-0.15, -0.1) is 0 Å². The predicted molar refractivity (Wildman–Crippen MR) is 179 cm³/mol. The number of fused-ring (bicyclic) bond motifs is 1. The van der Waals surface area contributed by atoms with Crippen molar-refractivity contribution in [1.29, 1.82) is 0 Å². The molecule has 3 N–H and O–H groups in total. The molecule has 12 nitrogen and oxygen atoms in total. The monoisotopic (exact) mass is 635 g/mol. The molecule has 3 heterocycles. The van der Waals surface area contributed by atoms with Crippen LogP contribution in [0.15, 0.2) is 79.4 Å². The number of anilines is 3. The number of halogens is 1. The lowest BCUT2D eigenvalue weighted by Crippen LogP contribution is -2.37. The number of carbonyl (C=O) groups excluding carboxylic acids is 2. The lowest BCUT2D eigenvalue weighted by molar-refractivity contribution is 0.0951. The van der Waals surface area contributed by atoms with E-state index in [-0.39, 0.29) is 11.6 Å². The Balaban J connectivity index is 1.20. The topological polar surface area (TPSA) is 138 Å². The molecular formula is C34H34FN9O3. The van der Waals surface area contributed by atoms with Crippen molar-refractivity contribution in [3.05, 3.63) is 90.8 Å². The summed E-state index contributed by atoms with van der Waals surface area (Å²) < 4.78 is 20.9. The third-order valence-electron chi connectivity index (χ3n) is 7.61. The highest BCUT2D eigenvalue weighted by molar-refractivity contribution is 6.01. The average molecular weight is 636 g/mol. The van der Waals surface area contributed by atoms with Crippen molar-refractivity contribution >= 4 is 40.0 Å². The van der Waals surface area contributed by atoms with Crippen molar-refractivity contribution in [3.63, 3.8) is 0 Å². The van der Waals surface area contributed by atoms with Gasteiger partial charge in [0.1, 0.15) is 18.0 Å². The molecule has 1 fully saturated rings. The number of amides is 3. The number of carbonyl (C=O) groups is 2. The molecule has 0 bridgehead atoms. The highest BCUT2D eigenvalue weighted by Gasteiger charge is 2.20. The lowest BCUT2D eigenvalue weighted by Gasteiger charge is -2.29. The van der Waals surface area contributed by atoms with Crippen LogP contribution in [0.2, 0.25) is 0 Å². The molecule has 0 radical (unpaired) electrons. The molecule has 0 aliphatic carbocycles. The van der Waals surface area contributed by atoms with Crippen LogP contribution in [-0.2, 0) is 4.74 Å². The molecule has 1 aliphatic rings. The van der Waals surface area contributed by atoms with Crippen molar-refractivity contribution < 1.29 is 18.7 Å². The van der Waals surface area contributed by atoms with Gasteiger partial charge in [0.25, 0.3) is 5.91 Å². The van der Waals surface area contributed by atoms with Crippen molar-refractivity contribution in [2.45, 2.75) is 0 Å². The maximum Gasteiger partial charge on any atom is 0.323 e. The number of nitrogens with one attached hydrogen (secondary N) is 3. The number of likely N-dealkylation sites (N-methyl/N-ethyl adjacent to an activating group) is 1. The molecule has 2 aromatic heterocycles. The second-order valence-corrected chi connectivity index (χ2v) is 11.2. The first-order valence-corrected chi connectivity index (χ1v) is 15.1. The molecule has 0 spiro atoms. The standard InChI is InChI=1S/C34H34FN9O3/c1-43(2)12-11-38-33(45)22-3-7-26(8-4-22)39-34(46)41-29-10-6-24(17-28(29)35)31-40-30-18-23(25-19-36-21-37-20-25)5-9-27(30)32(42-31)44-13-15-47-16-14-44/h3-10,17-21H,11-16H2,1-2H3,(H,38,45)(H2,39,41,46). The summed E-state index contributed by atoms with van der Waals surface area (Å²) in [6.45, 7) is 3.73. The fourth-order valence-corrected chi connectivity index (χ4v) is 5.13. The number of urea groups is 1.